The van der Waals surface area contributed by atoms with E-state index in [-0.39, 0.29) is 6.61 Å². The van der Waals surface area contributed by atoms with Gasteiger partial charge in [-0.15, -0.1) is 0 Å². The van der Waals surface area contributed by atoms with Crippen molar-refractivity contribution in [3.8, 4) is 11.8 Å². The standard InChI is InChI=1S/C17H18N2O2/c1-20-13-15-4-2-3-5-17(15)19-12-14-6-8-16(9-7-14)21-11-10-18/h2-9,19H,11-13H2,1H3. The van der Waals surface area contributed by atoms with Crippen LogP contribution in [-0.2, 0) is 17.9 Å². The van der Waals surface area contributed by atoms with Crippen molar-refractivity contribution in [2.75, 3.05) is 19.0 Å². The van der Waals surface area contributed by atoms with E-state index >= 15 is 0 Å². The second kappa shape index (κ2) is 7.93. The summed E-state index contributed by atoms with van der Waals surface area (Å²) in [6.07, 6.45) is 0. The van der Waals surface area contributed by atoms with Crippen LogP contribution < -0.4 is 10.1 Å². The zero-order valence-electron chi connectivity index (χ0n) is 12.0. The number of anilines is 1. The first-order chi connectivity index (χ1) is 10.3. The highest BCUT2D eigenvalue weighted by atomic mass is 16.5. The molecule has 2 rings (SSSR count). The van der Waals surface area contributed by atoms with E-state index in [4.69, 9.17) is 14.7 Å². The van der Waals surface area contributed by atoms with E-state index < -0.39 is 0 Å². The van der Waals surface area contributed by atoms with Gasteiger partial charge in [0.05, 0.1) is 6.61 Å². The Bertz CT molecular complexity index is 603. The molecule has 108 valence electrons. The Morgan fingerprint density at radius 1 is 1.10 bits per heavy atom. The number of nitrogens with zero attached hydrogens (tertiary/aromatic N) is 1. The average molecular weight is 282 g/mol. The second-order valence-corrected chi connectivity index (χ2v) is 4.53. The smallest absolute Gasteiger partial charge is 0.174 e. The third-order valence-electron chi connectivity index (χ3n) is 3.03. The van der Waals surface area contributed by atoms with Crippen LogP contribution in [0.25, 0.3) is 0 Å². The quantitative estimate of drug-likeness (QED) is 0.846. The van der Waals surface area contributed by atoms with Gasteiger partial charge in [0.1, 0.15) is 11.8 Å². The number of benzene rings is 2. The van der Waals surface area contributed by atoms with Gasteiger partial charge in [0.2, 0.25) is 0 Å². The van der Waals surface area contributed by atoms with Crippen LogP contribution >= 0.6 is 0 Å². The van der Waals surface area contributed by atoms with Gasteiger partial charge in [-0.25, -0.2) is 0 Å². The molecule has 2 aromatic rings. The van der Waals surface area contributed by atoms with Crippen LogP contribution in [0.15, 0.2) is 48.5 Å². The van der Waals surface area contributed by atoms with Gasteiger partial charge in [0, 0.05) is 24.9 Å². The molecule has 1 N–H and O–H groups in total. The Balaban J connectivity index is 1.95. The summed E-state index contributed by atoms with van der Waals surface area (Å²) >= 11 is 0. The van der Waals surface area contributed by atoms with Crippen LogP contribution in [0.2, 0.25) is 0 Å². The van der Waals surface area contributed by atoms with E-state index in [1.165, 1.54) is 0 Å². The molecule has 4 heteroatoms. The molecule has 0 radical (unpaired) electrons. The molecule has 0 saturated carbocycles. The van der Waals surface area contributed by atoms with Gasteiger partial charge >= 0.3 is 0 Å². The number of nitrogens with one attached hydrogen (secondary N) is 1. The molecule has 21 heavy (non-hydrogen) atoms. The fourth-order valence-corrected chi connectivity index (χ4v) is 1.99. The Morgan fingerprint density at radius 3 is 2.57 bits per heavy atom. The van der Waals surface area contributed by atoms with E-state index in [1.807, 2.05) is 54.6 Å². The molecule has 4 nitrogen and oxygen atoms in total. The van der Waals surface area contributed by atoms with E-state index in [9.17, 15) is 0 Å². The molecular formula is C17H18N2O2. The van der Waals surface area contributed by atoms with Gasteiger partial charge in [-0.3, -0.25) is 0 Å². The summed E-state index contributed by atoms with van der Waals surface area (Å²) < 4.78 is 10.4. The van der Waals surface area contributed by atoms with E-state index in [0.717, 1.165) is 23.4 Å². The summed E-state index contributed by atoms with van der Waals surface area (Å²) in [6, 6.07) is 17.7. The first kappa shape index (κ1) is 14.9. The van der Waals surface area contributed by atoms with E-state index in [0.29, 0.717) is 12.4 Å². The molecule has 0 saturated heterocycles. The number of hydrogen-bond acceptors (Lipinski definition) is 4. The largest absolute Gasteiger partial charge is 0.479 e. The highest BCUT2D eigenvalue weighted by Gasteiger charge is 2.01. The van der Waals surface area contributed by atoms with Crippen LogP contribution in [0, 0.1) is 11.3 Å². The zero-order chi connectivity index (χ0) is 14.9. The SMILES string of the molecule is COCc1ccccc1NCc1ccc(OCC#N)cc1. The van der Waals surface area contributed by atoms with Gasteiger partial charge < -0.3 is 14.8 Å². The maximum atomic E-state index is 8.47. The van der Waals surface area contributed by atoms with Crippen molar-refractivity contribution in [2.45, 2.75) is 13.2 Å². The number of nitriles is 1. The van der Waals surface area contributed by atoms with Crippen molar-refractivity contribution < 1.29 is 9.47 Å². The molecule has 0 atom stereocenters. The summed E-state index contributed by atoms with van der Waals surface area (Å²) in [4.78, 5) is 0. The predicted octanol–water partition coefficient (Wildman–Crippen LogP) is 3.35. The van der Waals surface area contributed by atoms with Crippen molar-refractivity contribution in [2.24, 2.45) is 0 Å². The fraction of sp³-hybridized carbons (Fsp3) is 0.235. The summed E-state index contributed by atoms with van der Waals surface area (Å²) in [5, 5.41) is 11.9. The minimum Gasteiger partial charge on any atom is -0.479 e. The highest BCUT2D eigenvalue weighted by Crippen LogP contribution is 2.18. The van der Waals surface area contributed by atoms with Crippen molar-refractivity contribution >= 4 is 5.69 Å². The normalized spacial score (nSPS) is 9.90. The van der Waals surface area contributed by atoms with Crippen molar-refractivity contribution in [1.29, 1.82) is 5.26 Å². The first-order valence-electron chi connectivity index (χ1n) is 6.73. The maximum Gasteiger partial charge on any atom is 0.174 e. The van der Waals surface area contributed by atoms with Crippen LogP contribution in [0.1, 0.15) is 11.1 Å². The zero-order valence-corrected chi connectivity index (χ0v) is 12.0. The number of hydrogen-bond donors (Lipinski definition) is 1. The molecule has 0 amide bonds. The molecule has 0 unspecified atom stereocenters. The third kappa shape index (κ3) is 4.51. The van der Waals surface area contributed by atoms with Crippen LogP contribution in [0.3, 0.4) is 0 Å². The highest BCUT2D eigenvalue weighted by molar-refractivity contribution is 5.51. The lowest BCUT2D eigenvalue weighted by Gasteiger charge is -2.12. The summed E-state index contributed by atoms with van der Waals surface area (Å²) in [5.41, 5.74) is 3.35. The topological polar surface area (TPSA) is 54.3 Å². The Kier molecular flexibility index (Phi) is 5.62. The minimum atomic E-state index is 0.0714. The van der Waals surface area contributed by atoms with Crippen molar-refractivity contribution in [1.82, 2.24) is 0 Å². The van der Waals surface area contributed by atoms with E-state index in [2.05, 4.69) is 5.32 Å². The molecule has 0 aliphatic carbocycles. The van der Waals surface area contributed by atoms with Gasteiger partial charge in [-0.05, 0) is 23.8 Å². The summed E-state index contributed by atoms with van der Waals surface area (Å²) in [7, 11) is 1.69. The molecule has 0 fully saturated rings. The van der Waals surface area contributed by atoms with Gasteiger partial charge in [-0.1, -0.05) is 30.3 Å². The molecule has 0 aliphatic heterocycles. The van der Waals surface area contributed by atoms with Gasteiger partial charge in [-0.2, -0.15) is 5.26 Å². The molecule has 0 spiro atoms. The monoisotopic (exact) mass is 282 g/mol. The van der Waals surface area contributed by atoms with Crippen molar-refractivity contribution in [3.05, 3.63) is 59.7 Å². The predicted molar refractivity (Wildman–Crippen MR) is 82.0 cm³/mol. The second-order valence-electron chi connectivity index (χ2n) is 4.53. The lowest BCUT2D eigenvalue weighted by molar-refractivity contribution is 0.185. The minimum absolute atomic E-state index is 0.0714. The number of para-hydroxylation sites is 1. The number of ether oxygens (including phenoxy) is 2. The lowest BCUT2D eigenvalue weighted by atomic mass is 10.1. The van der Waals surface area contributed by atoms with Gasteiger partial charge in [0.15, 0.2) is 6.61 Å². The lowest BCUT2D eigenvalue weighted by Crippen LogP contribution is -2.03. The molecule has 0 heterocycles. The molecule has 2 aromatic carbocycles. The first-order valence-corrected chi connectivity index (χ1v) is 6.73. The van der Waals surface area contributed by atoms with Crippen LogP contribution in [0.5, 0.6) is 5.75 Å². The Hall–Kier alpha value is -2.51. The fourth-order valence-electron chi connectivity index (χ4n) is 1.99. The molecule has 0 aliphatic rings. The number of rotatable bonds is 7. The Morgan fingerprint density at radius 2 is 1.86 bits per heavy atom. The Labute approximate surface area is 124 Å². The molecule has 0 aromatic heterocycles. The van der Waals surface area contributed by atoms with Gasteiger partial charge in [0.25, 0.3) is 0 Å². The molecule has 0 bridgehead atoms. The van der Waals surface area contributed by atoms with Crippen LogP contribution in [-0.4, -0.2) is 13.7 Å². The summed E-state index contributed by atoms with van der Waals surface area (Å²) in [5.74, 6) is 0.708. The third-order valence-corrected chi connectivity index (χ3v) is 3.03. The maximum absolute atomic E-state index is 8.47. The van der Waals surface area contributed by atoms with E-state index in [1.54, 1.807) is 7.11 Å². The molecular weight excluding hydrogens is 264 g/mol. The van der Waals surface area contributed by atoms with Crippen molar-refractivity contribution in [3.63, 3.8) is 0 Å². The number of methoxy groups -OCH3 is 1. The average Bonchev–Trinajstić information content (AvgIpc) is 2.53. The summed E-state index contributed by atoms with van der Waals surface area (Å²) in [6.45, 7) is 1.38. The van der Waals surface area contributed by atoms with Crippen LogP contribution in [0.4, 0.5) is 5.69 Å².